The number of halogens is 1. The molecule has 0 fully saturated rings. The average Bonchev–Trinajstić information content (AvgIpc) is 1.88. The molecule has 0 heterocycles. The maximum atomic E-state index is 5.62. The Labute approximate surface area is 65.1 Å². The lowest BCUT2D eigenvalue weighted by molar-refractivity contribution is 1.64. The molecule has 0 saturated heterocycles. The Hall–Kier alpha value is -0.950. The zero-order chi connectivity index (χ0) is 7.56. The molecule has 1 aromatic rings. The normalized spacial score (nSPS) is 9.30. The largest absolute Gasteiger partial charge is 0.399 e. The molecule has 1 nitrogen and oxygen atoms in total. The van der Waals surface area contributed by atoms with Crippen LogP contribution in [0.25, 0.3) is 5.03 Å². The SMILES string of the molecule is C=C(Cl)c1ccc(N)cc1. The molecule has 0 atom stereocenters. The monoisotopic (exact) mass is 153 g/mol. The van der Waals surface area contributed by atoms with E-state index in [0.717, 1.165) is 11.3 Å². The van der Waals surface area contributed by atoms with E-state index in [-0.39, 0.29) is 0 Å². The minimum Gasteiger partial charge on any atom is -0.399 e. The summed E-state index contributed by atoms with van der Waals surface area (Å²) in [6.45, 7) is 3.58. The number of nitrogens with two attached hydrogens (primary N) is 1. The summed E-state index contributed by atoms with van der Waals surface area (Å²) in [5.74, 6) is 0. The van der Waals surface area contributed by atoms with Gasteiger partial charge in [0.2, 0.25) is 0 Å². The minimum absolute atomic E-state index is 0.542. The maximum Gasteiger partial charge on any atom is 0.0406 e. The summed E-state index contributed by atoms with van der Waals surface area (Å²) >= 11 is 5.62. The third-order valence-electron chi connectivity index (χ3n) is 1.22. The molecule has 2 N–H and O–H groups in total. The van der Waals surface area contributed by atoms with Gasteiger partial charge in [0.15, 0.2) is 0 Å². The fraction of sp³-hybridized carbons (Fsp3) is 0. The zero-order valence-electron chi connectivity index (χ0n) is 5.47. The van der Waals surface area contributed by atoms with Crippen molar-refractivity contribution in [1.29, 1.82) is 0 Å². The lowest BCUT2D eigenvalue weighted by Gasteiger charge is -1.96. The highest BCUT2D eigenvalue weighted by molar-refractivity contribution is 6.48. The highest BCUT2D eigenvalue weighted by atomic mass is 35.5. The van der Waals surface area contributed by atoms with E-state index in [0.29, 0.717) is 5.03 Å². The molecule has 10 heavy (non-hydrogen) atoms. The number of hydrogen-bond acceptors (Lipinski definition) is 1. The molecule has 52 valence electrons. The van der Waals surface area contributed by atoms with E-state index in [4.69, 9.17) is 17.3 Å². The van der Waals surface area contributed by atoms with Gasteiger partial charge < -0.3 is 5.73 Å². The van der Waals surface area contributed by atoms with Gasteiger partial charge in [-0.2, -0.15) is 0 Å². The van der Waals surface area contributed by atoms with Gasteiger partial charge in [-0.3, -0.25) is 0 Å². The summed E-state index contributed by atoms with van der Waals surface area (Å²) in [6, 6.07) is 7.26. The van der Waals surface area contributed by atoms with Crippen molar-refractivity contribution in [2.45, 2.75) is 0 Å². The van der Waals surface area contributed by atoms with Gasteiger partial charge in [0, 0.05) is 10.7 Å². The summed E-state index contributed by atoms with van der Waals surface area (Å²) in [5.41, 5.74) is 7.10. The van der Waals surface area contributed by atoms with Gasteiger partial charge in [0.1, 0.15) is 0 Å². The summed E-state index contributed by atoms with van der Waals surface area (Å²) < 4.78 is 0. The standard InChI is InChI=1S/C8H8ClN/c1-6(9)7-2-4-8(10)5-3-7/h2-5H,1,10H2. The van der Waals surface area contributed by atoms with Crippen molar-refractivity contribution in [2.75, 3.05) is 5.73 Å². The van der Waals surface area contributed by atoms with Crippen LogP contribution in [-0.4, -0.2) is 0 Å². The van der Waals surface area contributed by atoms with Crippen LogP contribution in [-0.2, 0) is 0 Å². The van der Waals surface area contributed by atoms with Gasteiger partial charge in [0.25, 0.3) is 0 Å². The molecule has 2 heteroatoms. The van der Waals surface area contributed by atoms with Crippen LogP contribution in [0.4, 0.5) is 5.69 Å². The van der Waals surface area contributed by atoms with Crippen LogP contribution >= 0.6 is 11.6 Å². The van der Waals surface area contributed by atoms with Crippen LogP contribution in [0.3, 0.4) is 0 Å². The molecule has 0 saturated carbocycles. The number of rotatable bonds is 1. The molecule has 0 amide bonds. The van der Waals surface area contributed by atoms with Gasteiger partial charge in [-0.05, 0) is 17.7 Å². The van der Waals surface area contributed by atoms with E-state index in [1.807, 2.05) is 12.1 Å². The smallest absolute Gasteiger partial charge is 0.0406 e. The second-order valence-electron chi connectivity index (χ2n) is 2.03. The Morgan fingerprint density at radius 2 is 1.80 bits per heavy atom. The van der Waals surface area contributed by atoms with Crippen molar-refractivity contribution in [1.82, 2.24) is 0 Å². The van der Waals surface area contributed by atoms with Gasteiger partial charge >= 0.3 is 0 Å². The first-order valence-electron chi connectivity index (χ1n) is 2.90. The Balaban J connectivity index is 3.00. The summed E-state index contributed by atoms with van der Waals surface area (Å²) in [7, 11) is 0. The van der Waals surface area contributed by atoms with Crippen molar-refractivity contribution in [2.24, 2.45) is 0 Å². The predicted molar refractivity (Wildman–Crippen MR) is 45.7 cm³/mol. The maximum absolute atomic E-state index is 5.62. The van der Waals surface area contributed by atoms with E-state index in [1.54, 1.807) is 12.1 Å². The number of nitrogen functional groups attached to an aromatic ring is 1. The molecule has 0 unspecified atom stereocenters. The molecule has 1 rings (SSSR count). The summed E-state index contributed by atoms with van der Waals surface area (Å²) in [5, 5.41) is 0.542. The minimum atomic E-state index is 0.542. The third-order valence-corrected chi connectivity index (χ3v) is 1.44. The molecule has 0 bridgehead atoms. The van der Waals surface area contributed by atoms with Crippen LogP contribution in [0, 0.1) is 0 Å². The Morgan fingerprint density at radius 1 is 1.30 bits per heavy atom. The highest BCUT2D eigenvalue weighted by Gasteiger charge is 1.91. The molecule has 0 aromatic heterocycles. The fourth-order valence-electron chi connectivity index (χ4n) is 0.664. The first-order chi connectivity index (χ1) is 4.70. The second kappa shape index (κ2) is 2.76. The first-order valence-corrected chi connectivity index (χ1v) is 3.28. The lowest BCUT2D eigenvalue weighted by Crippen LogP contribution is -1.83. The second-order valence-corrected chi connectivity index (χ2v) is 2.48. The molecular formula is C8H8ClN. The van der Waals surface area contributed by atoms with Crippen LogP contribution in [0.15, 0.2) is 30.8 Å². The molecule has 0 aliphatic carbocycles. The molecule has 0 aliphatic heterocycles. The number of hydrogen-bond donors (Lipinski definition) is 1. The van der Waals surface area contributed by atoms with Crippen molar-refractivity contribution >= 4 is 22.3 Å². The van der Waals surface area contributed by atoms with Crippen LogP contribution in [0.2, 0.25) is 0 Å². The van der Waals surface area contributed by atoms with E-state index in [2.05, 4.69) is 6.58 Å². The number of anilines is 1. The summed E-state index contributed by atoms with van der Waals surface area (Å²) in [4.78, 5) is 0. The molecule has 0 aliphatic rings. The molecule has 1 aromatic carbocycles. The Morgan fingerprint density at radius 3 is 2.20 bits per heavy atom. The summed E-state index contributed by atoms with van der Waals surface area (Å²) in [6.07, 6.45) is 0. The third kappa shape index (κ3) is 1.52. The Kier molecular flexibility index (Phi) is 1.97. The van der Waals surface area contributed by atoms with Crippen LogP contribution in [0.1, 0.15) is 5.56 Å². The molecule has 0 radical (unpaired) electrons. The lowest BCUT2D eigenvalue weighted by atomic mass is 10.2. The van der Waals surface area contributed by atoms with Gasteiger partial charge in [0.05, 0.1) is 0 Å². The topological polar surface area (TPSA) is 26.0 Å². The van der Waals surface area contributed by atoms with E-state index < -0.39 is 0 Å². The van der Waals surface area contributed by atoms with Crippen molar-refractivity contribution in [3.63, 3.8) is 0 Å². The van der Waals surface area contributed by atoms with E-state index in [9.17, 15) is 0 Å². The Bertz CT molecular complexity index is 238. The van der Waals surface area contributed by atoms with E-state index in [1.165, 1.54) is 0 Å². The quantitative estimate of drug-likeness (QED) is 0.617. The zero-order valence-corrected chi connectivity index (χ0v) is 6.23. The van der Waals surface area contributed by atoms with Crippen molar-refractivity contribution in [3.05, 3.63) is 36.4 Å². The van der Waals surface area contributed by atoms with Gasteiger partial charge in [-0.1, -0.05) is 30.3 Å². The highest BCUT2D eigenvalue weighted by Crippen LogP contribution is 2.16. The average molecular weight is 154 g/mol. The van der Waals surface area contributed by atoms with Crippen molar-refractivity contribution < 1.29 is 0 Å². The fourth-order valence-corrected chi connectivity index (χ4v) is 0.790. The van der Waals surface area contributed by atoms with E-state index >= 15 is 0 Å². The van der Waals surface area contributed by atoms with Gasteiger partial charge in [-0.15, -0.1) is 0 Å². The van der Waals surface area contributed by atoms with Crippen molar-refractivity contribution in [3.8, 4) is 0 Å². The number of benzene rings is 1. The van der Waals surface area contributed by atoms with Crippen LogP contribution < -0.4 is 5.73 Å². The molecular weight excluding hydrogens is 146 g/mol. The molecule has 0 spiro atoms. The first kappa shape index (κ1) is 7.16. The van der Waals surface area contributed by atoms with Crippen LogP contribution in [0.5, 0.6) is 0 Å². The predicted octanol–water partition coefficient (Wildman–Crippen LogP) is 2.48. The van der Waals surface area contributed by atoms with Gasteiger partial charge in [-0.25, -0.2) is 0 Å².